The minimum Gasteiger partial charge on any atom is -0.352 e. The largest absolute Gasteiger partial charge is 0.352 e. The minimum atomic E-state index is 0.219. The van der Waals surface area contributed by atoms with Crippen LogP contribution in [0, 0.1) is 17.8 Å². The third-order valence-electron chi connectivity index (χ3n) is 6.90. The smallest absolute Gasteiger partial charge is 0.234 e. The van der Waals surface area contributed by atoms with E-state index < -0.39 is 0 Å². The number of piperazine rings is 1. The number of rotatable bonds is 6. The average molecular weight is 356 g/mol. The molecule has 2 aliphatic carbocycles. The Bertz CT molecular complexity index is 597. The van der Waals surface area contributed by atoms with Crippen LogP contribution in [0.25, 0.3) is 0 Å². The molecule has 0 radical (unpaired) electrons. The summed E-state index contributed by atoms with van der Waals surface area (Å²) in [4.78, 5) is 17.3. The lowest BCUT2D eigenvalue weighted by atomic mass is 9.84. The van der Waals surface area contributed by atoms with Crippen LogP contribution in [0.3, 0.4) is 0 Å². The Balaban J connectivity index is 1.17. The molecule has 3 fully saturated rings. The van der Waals surface area contributed by atoms with E-state index in [-0.39, 0.29) is 5.91 Å². The zero-order valence-electron chi connectivity index (χ0n) is 16.1. The van der Waals surface area contributed by atoms with Gasteiger partial charge >= 0.3 is 0 Å². The SMILES string of the molecule is C[C@H](NC(=O)CN1CCN(Cc2ccccc2)CC1)[C@H]1C[C@@H]2CC[C@@H]1C2. The van der Waals surface area contributed by atoms with E-state index in [1.165, 1.54) is 31.2 Å². The van der Waals surface area contributed by atoms with Gasteiger partial charge in [-0.25, -0.2) is 0 Å². The van der Waals surface area contributed by atoms with E-state index in [4.69, 9.17) is 0 Å². The Morgan fingerprint density at radius 2 is 1.81 bits per heavy atom. The lowest BCUT2D eigenvalue weighted by molar-refractivity contribution is -0.123. The van der Waals surface area contributed by atoms with Gasteiger partial charge in [-0.1, -0.05) is 36.8 Å². The Morgan fingerprint density at radius 1 is 1.08 bits per heavy atom. The van der Waals surface area contributed by atoms with Gasteiger partial charge < -0.3 is 5.32 Å². The fourth-order valence-electron chi connectivity index (χ4n) is 5.46. The molecule has 4 heteroatoms. The standard InChI is InChI=1S/C22H33N3O/c1-17(21-14-19-7-8-20(21)13-19)23-22(26)16-25-11-9-24(10-12-25)15-18-5-3-2-4-6-18/h2-6,17,19-21H,7-16H2,1H3,(H,23,26)/t17-,19+,20+,21+/m0/s1. The summed E-state index contributed by atoms with van der Waals surface area (Å²) in [5, 5.41) is 3.31. The fourth-order valence-corrected chi connectivity index (χ4v) is 5.46. The van der Waals surface area contributed by atoms with Gasteiger partial charge in [0.2, 0.25) is 5.91 Å². The van der Waals surface area contributed by atoms with E-state index >= 15 is 0 Å². The van der Waals surface area contributed by atoms with Crippen LogP contribution >= 0.6 is 0 Å². The Kier molecular flexibility index (Phi) is 5.60. The highest BCUT2D eigenvalue weighted by Crippen LogP contribution is 2.49. The molecule has 2 bridgehead atoms. The molecule has 1 aliphatic heterocycles. The van der Waals surface area contributed by atoms with E-state index in [1.54, 1.807) is 0 Å². The molecule has 3 aliphatic rings. The van der Waals surface area contributed by atoms with Gasteiger partial charge in [-0.05, 0) is 49.5 Å². The van der Waals surface area contributed by atoms with Crippen molar-refractivity contribution in [2.24, 2.45) is 17.8 Å². The first-order valence-corrected chi connectivity index (χ1v) is 10.5. The van der Waals surface area contributed by atoms with Crippen molar-refractivity contribution in [1.82, 2.24) is 15.1 Å². The third kappa shape index (κ3) is 4.29. The van der Waals surface area contributed by atoms with E-state index in [0.29, 0.717) is 12.6 Å². The molecule has 1 saturated heterocycles. The maximum atomic E-state index is 12.5. The summed E-state index contributed by atoms with van der Waals surface area (Å²) in [7, 11) is 0. The lowest BCUT2D eigenvalue weighted by Crippen LogP contribution is -2.50. The monoisotopic (exact) mass is 355 g/mol. The average Bonchev–Trinajstić information content (AvgIpc) is 3.28. The van der Waals surface area contributed by atoms with E-state index in [9.17, 15) is 4.79 Å². The van der Waals surface area contributed by atoms with Crippen LogP contribution in [-0.4, -0.2) is 54.5 Å². The number of hydrogen-bond acceptors (Lipinski definition) is 3. The van der Waals surface area contributed by atoms with Gasteiger partial charge in [0, 0.05) is 38.8 Å². The zero-order chi connectivity index (χ0) is 17.9. The molecule has 142 valence electrons. The second-order valence-electron chi connectivity index (χ2n) is 8.73. The van der Waals surface area contributed by atoms with Crippen LogP contribution in [-0.2, 0) is 11.3 Å². The van der Waals surface area contributed by atoms with Crippen molar-refractivity contribution >= 4 is 5.91 Å². The molecule has 1 aromatic rings. The quantitative estimate of drug-likeness (QED) is 0.852. The van der Waals surface area contributed by atoms with Crippen LogP contribution in [0.1, 0.15) is 38.2 Å². The van der Waals surface area contributed by atoms with Gasteiger partial charge in [0.15, 0.2) is 0 Å². The minimum absolute atomic E-state index is 0.219. The van der Waals surface area contributed by atoms with Crippen molar-refractivity contribution in [1.29, 1.82) is 0 Å². The number of carbonyl (C=O) groups excluding carboxylic acids is 1. The van der Waals surface area contributed by atoms with E-state index in [0.717, 1.165) is 50.5 Å². The summed E-state index contributed by atoms with van der Waals surface area (Å²) >= 11 is 0. The number of carbonyl (C=O) groups is 1. The van der Waals surface area contributed by atoms with Crippen LogP contribution in [0.15, 0.2) is 30.3 Å². The van der Waals surface area contributed by atoms with Crippen molar-refractivity contribution < 1.29 is 4.79 Å². The van der Waals surface area contributed by atoms with Crippen LogP contribution in [0.5, 0.6) is 0 Å². The number of benzene rings is 1. The van der Waals surface area contributed by atoms with Crippen molar-refractivity contribution in [3.05, 3.63) is 35.9 Å². The number of fused-ring (bicyclic) bond motifs is 2. The fraction of sp³-hybridized carbons (Fsp3) is 0.682. The molecule has 4 rings (SSSR count). The molecule has 26 heavy (non-hydrogen) atoms. The third-order valence-corrected chi connectivity index (χ3v) is 6.90. The number of nitrogens with one attached hydrogen (secondary N) is 1. The molecule has 1 aromatic carbocycles. The molecule has 4 nitrogen and oxygen atoms in total. The van der Waals surface area contributed by atoms with Crippen molar-refractivity contribution in [2.45, 2.75) is 45.2 Å². The van der Waals surface area contributed by atoms with Gasteiger partial charge in [0.05, 0.1) is 6.54 Å². The molecule has 0 unspecified atom stereocenters. The van der Waals surface area contributed by atoms with Crippen molar-refractivity contribution in [2.75, 3.05) is 32.7 Å². The normalized spacial score (nSPS) is 30.4. The number of hydrogen-bond donors (Lipinski definition) is 1. The maximum absolute atomic E-state index is 12.5. The molecule has 1 amide bonds. The second-order valence-corrected chi connectivity index (χ2v) is 8.73. The topological polar surface area (TPSA) is 35.6 Å². The number of amides is 1. The van der Waals surface area contributed by atoms with E-state index in [2.05, 4.69) is 52.4 Å². The van der Waals surface area contributed by atoms with Crippen molar-refractivity contribution in [3.8, 4) is 0 Å². The van der Waals surface area contributed by atoms with Crippen LogP contribution < -0.4 is 5.32 Å². The highest BCUT2D eigenvalue weighted by Gasteiger charge is 2.42. The first-order valence-electron chi connectivity index (χ1n) is 10.5. The van der Waals surface area contributed by atoms with Crippen LogP contribution in [0.4, 0.5) is 0 Å². The first kappa shape index (κ1) is 18.0. The van der Waals surface area contributed by atoms with Gasteiger partial charge in [0.25, 0.3) is 0 Å². The molecule has 1 heterocycles. The first-order chi connectivity index (χ1) is 12.7. The highest BCUT2D eigenvalue weighted by molar-refractivity contribution is 5.78. The summed E-state index contributed by atoms with van der Waals surface area (Å²) in [5.74, 6) is 2.76. The number of nitrogens with zero attached hydrogens (tertiary/aromatic N) is 2. The molecule has 1 N–H and O–H groups in total. The van der Waals surface area contributed by atoms with E-state index in [1.807, 2.05) is 0 Å². The predicted molar refractivity (Wildman–Crippen MR) is 105 cm³/mol. The Labute approximate surface area is 157 Å². The Hall–Kier alpha value is -1.39. The van der Waals surface area contributed by atoms with Gasteiger partial charge in [-0.15, -0.1) is 0 Å². The van der Waals surface area contributed by atoms with Crippen molar-refractivity contribution in [3.63, 3.8) is 0 Å². The van der Waals surface area contributed by atoms with Gasteiger partial charge in [-0.3, -0.25) is 14.6 Å². The maximum Gasteiger partial charge on any atom is 0.234 e. The van der Waals surface area contributed by atoms with Crippen LogP contribution in [0.2, 0.25) is 0 Å². The molecule has 2 saturated carbocycles. The molecule has 0 spiro atoms. The lowest BCUT2D eigenvalue weighted by Gasteiger charge is -2.35. The summed E-state index contributed by atoms with van der Waals surface area (Å²) in [6.45, 7) is 7.87. The highest BCUT2D eigenvalue weighted by atomic mass is 16.2. The summed E-state index contributed by atoms with van der Waals surface area (Å²) in [5.41, 5.74) is 1.37. The molecular weight excluding hydrogens is 322 g/mol. The second kappa shape index (κ2) is 8.10. The predicted octanol–water partition coefficient (Wildman–Crippen LogP) is 2.75. The summed E-state index contributed by atoms with van der Waals surface area (Å²) in [6.07, 6.45) is 5.56. The summed E-state index contributed by atoms with van der Waals surface area (Å²) < 4.78 is 0. The molecule has 4 atom stereocenters. The molecular formula is C22H33N3O. The molecule has 0 aromatic heterocycles. The summed E-state index contributed by atoms with van der Waals surface area (Å²) in [6, 6.07) is 11.0. The zero-order valence-corrected chi connectivity index (χ0v) is 16.1. The van der Waals surface area contributed by atoms with Gasteiger partial charge in [-0.2, -0.15) is 0 Å². The Morgan fingerprint density at radius 3 is 2.46 bits per heavy atom. The van der Waals surface area contributed by atoms with Gasteiger partial charge in [0.1, 0.15) is 0 Å².